The lowest BCUT2D eigenvalue weighted by Gasteiger charge is -2.09. The van der Waals surface area contributed by atoms with Crippen LogP contribution >= 0.6 is 46.9 Å². The van der Waals surface area contributed by atoms with Crippen LogP contribution in [-0.2, 0) is 5.75 Å². The third kappa shape index (κ3) is 5.96. The Hall–Kier alpha value is -1.08. The Bertz CT molecular complexity index is 631. The number of thiocarbonyl (C=S) groups is 1. The number of benzene rings is 1. The summed E-state index contributed by atoms with van der Waals surface area (Å²) < 4.78 is 0.818. The van der Waals surface area contributed by atoms with Gasteiger partial charge < -0.3 is 5.32 Å². The van der Waals surface area contributed by atoms with E-state index >= 15 is 0 Å². The molecule has 2 N–H and O–H groups in total. The lowest BCUT2D eigenvalue weighted by molar-refractivity contribution is 0.0976. The summed E-state index contributed by atoms with van der Waals surface area (Å²) in [6, 6.07) is 13.0. The summed E-state index contributed by atoms with van der Waals surface area (Å²) in [6.45, 7) is 0.706. The monoisotopic (exact) mass is 370 g/mol. The molecule has 3 nitrogen and oxygen atoms in total. The standard InChI is InChI=1S/C15H15ClN2OS3/c16-13-7-6-12(22-13)10-21-9-8-17-15(20)18-14(19)11-4-2-1-3-5-11/h1-7H,8-10H2,(H2,17,18,19,20). The van der Waals surface area contributed by atoms with Gasteiger partial charge in [0.2, 0.25) is 0 Å². The van der Waals surface area contributed by atoms with Crippen molar-refractivity contribution in [1.29, 1.82) is 0 Å². The van der Waals surface area contributed by atoms with Crippen molar-refractivity contribution < 1.29 is 4.79 Å². The molecule has 0 spiro atoms. The molecule has 0 aliphatic rings. The molecular formula is C15H15ClN2OS3. The van der Waals surface area contributed by atoms with Crippen LogP contribution in [0.3, 0.4) is 0 Å². The highest BCUT2D eigenvalue weighted by Gasteiger charge is 2.06. The first-order valence-electron chi connectivity index (χ1n) is 6.61. The van der Waals surface area contributed by atoms with E-state index in [4.69, 9.17) is 23.8 Å². The molecule has 22 heavy (non-hydrogen) atoms. The van der Waals surface area contributed by atoms with Gasteiger partial charge >= 0.3 is 0 Å². The summed E-state index contributed by atoms with van der Waals surface area (Å²) in [5.41, 5.74) is 0.593. The van der Waals surface area contributed by atoms with Gasteiger partial charge in [-0.15, -0.1) is 11.3 Å². The highest BCUT2D eigenvalue weighted by atomic mass is 35.5. The molecule has 0 aliphatic heterocycles. The number of carbonyl (C=O) groups excluding carboxylic acids is 1. The van der Waals surface area contributed by atoms with Gasteiger partial charge in [0.1, 0.15) is 0 Å². The molecule has 0 unspecified atom stereocenters. The molecule has 116 valence electrons. The Kier molecular flexibility index (Phi) is 7.18. The van der Waals surface area contributed by atoms with E-state index in [0.717, 1.165) is 15.8 Å². The molecular weight excluding hydrogens is 356 g/mol. The van der Waals surface area contributed by atoms with Gasteiger partial charge in [0.15, 0.2) is 5.11 Å². The molecule has 2 aromatic rings. The Morgan fingerprint density at radius 1 is 1.23 bits per heavy atom. The third-order valence-electron chi connectivity index (χ3n) is 2.67. The van der Waals surface area contributed by atoms with Crippen LogP contribution < -0.4 is 10.6 Å². The Morgan fingerprint density at radius 2 is 2.00 bits per heavy atom. The predicted octanol–water partition coefficient (Wildman–Crippen LogP) is 3.94. The van der Waals surface area contributed by atoms with Crippen LogP contribution in [0.1, 0.15) is 15.2 Å². The molecule has 1 amide bonds. The molecule has 0 saturated carbocycles. The van der Waals surface area contributed by atoms with Gasteiger partial charge in [-0.25, -0.2) is 0 Å². The predicted molar refractivity (Wildman–Crippen MR) is 100.0 cm³/mol. The van der Waals surface area contributed by atoms with Crippen LogP contribution in [0.25, 0.3) is 0 Å². The lowest BCUT2D eigenvalue weighted by atomic mass is 10.2. The number of thiophene rings is 1. The fourth-order valence-corrected chi connectivity index (χ4v) is 3.90. The zero-order valence-corrected chi connectivity index (χ0v) is 14.9. The van der Waals surface area contributed by atoms with Gasteiger partial charge in [0.25, 0.3) is 5.91 Å². The molecule has 0 aliphatic carbocycles. The highest BCUT2D eigenvalue weighted by molar-refractivity contribution is 7.98. The van der Waals surface area contributed by atoms with Crippen LogP contribution in [0.4, 0.5) is 0 Å². The van der Waals surface area contributed by atoms with Crippen molar-refractivity contribution in [2.45, 2.75) is 5.75 Å². The van der Waals surface area contributed by atoms with E-state index in [1.165, 1.54) is 4.88 Å². The first-order valence-corrected chi connectivity index (χ1v) is 9.37. The zero-order valence-electron chi connectivity index (χ0n) is 11.7. The third-order valence-corrected chi connectivity index (χ3v) is 5.34. The normalized spacial score (nSPS) is 10.2. The van der Waals surface area contributed by atoms with E-state index in [-0.39, 0.29) is 5.91 Å². The molecule has 1 aromatic carbocycles. The number of halogens is 1. The van der Waals surface area contributed by atoms with Crippen LogP contribution in [0, 0.1) is 0 Å². The van der Waals surface area contributed by atoms with Crippen molar-refractivity contribution in [2.75, 3.05) is 12.3 Å². The van der Waals surface area contributed by atoms with Crippen LogP contribution in [0.15, 0.2) is 42.5 Å². The Labute approximate surface area is 148 Å². The largest absolute Gasteiger partial charge is 0.362 e. The molecule has 0 radical (unpaired) electrons. The molecule has 0 atom stereocenters. The average molecular weight is 371 g/mol. The summed E-state index contributed by atoms with van der Waals surface area (Å²) in [6.07, 6.45) is 0. The van der Waals surface area contributed by atoms with Crippen molar-refractivity contribution in [3.63, 3.8) is 0 Å². The topological polar surface area (TPSA) is 41.1 Å². The minimum Gasteiger partial charge on any atom is -0.362 e. The smallest absolute Gasteiger partial charge is 0.257 e. The number of amides is 1. The fourth-order valence-electron chi connectivity index (χ4n) is 1.65. The van der Waals surface area contributed by atoms with Gasteiger partial charge in [-0.3, -0.25) is 10.1 Å². The summed E-state index contributed by atoms with van der Waals surface area (Å²) in [7, 11) is 0. The fraction of sp³-hybridized carbons (Fsp3) is 0.200. The minimum atomic E-state index is -0.195. The number of hydrogen-bond donors (Lipinski definition) is 2. The van der Waals surface area contributed by atoms with Gasteiger partial charge in [-0.2, -0.15) is 11.8 Å². The van der Waals surface area contributed by atoms with E-state index in [1.54, 1.807) is 35.2 Å². The lowest BCUT2D eigenvalue weighted by Crippen LogP contribution is -2.40. The number of carbonyl (C=O) groups is 1. The summed E-state index contributed by atoms with van der Waals surface area (Å²) in [5, 5.41) is 6.05. The summed E-state index contributed by atoms with van der Waals surface area (Å²) in [5.74, 6) is 1.64. The molecule has 1 aromatic heterocycles. The van der Waals surface area contributed by atoms with E-state index < -0.39 is 0 Å². The maximum Gasteiger partial charge on any atom is 0.257 e. The number of thioether (sulfide) groups is 1. The van der Waals surface area contributed by atoms with Crippen LogP contribution in [-0.4, -0.2) is 23.3 Å². The first-order chi connectivity index (χ1) is 10.6. The number of rotatable bonds is 6. The van der Waals surface area contributed by atoms with Gasteiger partial charge in [0.05, 0.1) is 4.34 Å². The van der Waals surface area contributed by atoms with Crippen molar-refractivity contribution in [3.05, 3.63) is 57.2 Å². The molecule has 0 fully saturated rings. The maximum absolute atomic E-state index is 11.9. The molecule has 0 saturated heterocycles. The second-order valence-electron chi connectivity index (χ2n) is 4.33. The van der Waals surface area contributed by atoms with Crippen molar-refractivity contribution in [3.8, 4) is 0 Å². The van der Waals surface area contributed by atoms with E-state index in [1.807, 2.05) is 30.3 Å². The SMILES string of the molecule is O=C(NC(=S)NCCSCc1ccc(Cl)s1)c1ccccc1. The molecule has 1 heterocycles. The first kappa shape index (κ1) is 17.3. The van der Waals surface area contributed by atoms with Crippen LogP contribution in [0.2, 0.25) is 4.34 Å². The van der Waals surface area contributed by atoms with E-state index in [0.29, 0.717) is 17.2 Å². The van der Waals surface area contributed by atoms with Gasteiger partial charge in [-0.05, 0) is 36.5 Å². The Morgan fingerprint density at radius 3 is 2.68 bits per heavy atom. The second kappa shape index (κ2) is 9.15. The van der Waals surface area contributed by atoms with Gasteiger partial charge in [-0.1, -0.05) is 29.8 Å². The van der Waals surface area contributed by atoms with Crippen molar-refractivity contribution in [1.82, 2.24) is 10.6 Å². The zero-order chi connectivity index (χ0) is 15.8. The second-order valence-corrected chi connectivity index (χ2v) is 7.65. The quantitative estimate of drug-likeness (QED) is 0.597. The summed E-state index contributed by atoms with van der Waals surface area (Å²) in [4.78, 5) is 13.1. The summed E-state index contributed by atoms with van der Waals surface area (Å²) >= 11 is 14.4. The van der Waals surface area contributed by atoms with E-state index in [2.05, 4.69) is 10.6 Å². The highest BCUT2D eigenvalue weighted by Crippen LogP contribution is 2.24. The van der Waals surface area contributed by atoms with Crippen LogP contribution in [0.5, 0.6) is 0 Å². The minimum absolute atomic E-state index is 0.195. The number of hydrogen-bond acceptors (Lipinski definition) is 4. The van der Waals surface area contributed by atoms with Crippen molar-refractivity contribution >= 4 is 57.9 Å². The Balaban J connectivity index is 1.61. The molecule has 2 rings (SSSR count). The molecule has 0 bridgehead atoms. The van der Waals surface area contributed by atoms with Gasteiger partial charge in [0, 0.05) is 28.5 Å². The average Bonchev–Trinajstić information content (AvgIpc) is 2.93. The van der Waals surface area contributed by atoms with E-state index in [9.17, 15) is 4.79 Å². The molecule has 7 heteroatoms. The van der Waals surface area contributed by atoms with Crippen molar-refractivity contribution in [2.24, 2.45) is 0 Å². The number of nitrogens with one attached hydrogen (secondary N) is 2. The maximum atomic E-state index is 11.9.